The molecule has 0 aliphatic rings. The molecule has 0 radical (unpaired) electrons. The van der Waals surface area contributed by atoms with Gasteiger partial charge in [-0.2, -0.15) is 0 Å². The van der Waals surface area contributed by atoms with Crippen LogP contribution in [0.5, 0.6) is 11.5 Å². The van der Waals surface area contributed by atoms with E-state index >= 15 is 0 Å². The Labute approximate surface area is 164 Å². The third-order valence-corrected chi connectivity index (χ3v) is 4.14. The van der Waals surface area contributed by atoms with Crippen LogP contribution in [0.1, 0.15) is 28.4 Å². The molecule has 0 heterocycles. The quantitative estimate of drug-likeness (QED) is 0.658. The van der Waals surface area contributed by atoms with Crippen molar-refractivity contribution in [3.8, 4) is 11.5 Å². The Morgan fingerprint density at radius 3 is 2.39 bits per heavy atom. The number of nitrogens with one attached hydrogen (secondary N) is 2. The van der Waals surface area contributed by atoms with Crippen LogP contribution in [0.2, 0.25) is 0 Å². The highest BCUT2D eigenvalue weighted by Gasteiger charge is 2.09. The van der Waals surface area contributed by atoms with Crippen LogP contribution in [0, 0.1) is 6.92 Å². The maximum absolute atomic E-state index is 12.5. The van der Waals surface area contributed by atoms with Crippen LogP contribution in [-0.2, 0) is 11.3 Å². The number of para-hydroxylation sites is 1. The fourth-order valence-corrected chi connectivity index (χ4v) is 2.72. The van der Waals surface area contributed by atoms with E-state index < -0.39 is 0 Å². The molecule has 2 amide bonds. The second-order valence-electron chi connectivity index (χ2n) is 6.46. The summed E-state index contributed by atoms with van der Waals surface area (Å²) in [5, 5.41) is 5.64. The summed E-state index contributed by atoms with van der Waals surface area (Å²) >= 11 is 0. The molecule has 3 aromatic carbocycles. The highest BCUT2D eigenvalue weighted by Crippen LogP contribution is 2.22. The summed E-state index contributed by atoms with van der Waals surface area (Å²) in [4.78, 5) is 23.8. The van der Waals surface area contributed by atoms with Crippen molar-refractivity contribution in [3.05, 3.63) is 89.5 Å². The van der Waals surface area contributed by atoms with Crippen molar-refractivity contribution in [3.63, 3.8) is 0 Å². The summed E-state index contributed by atoms with van der Waals surface area (Å²) in [6, 6.07) is 22.4. The summed E-state index contributed by atoms with van der Waals surface area (Å²) in [5.41, 5.74) is 2.96. The standard InChI is InChI=1S/C23H22N2O3/c1-16-11-12-19(14-22(16)25-17(2)26)23(27)24-15-18-7-6-10-21(13-18)28-20-8-4-3-5-9-20/h3-14H,15H2,1-2H3,(H,24,27)(H,25,26). The average Bonchev–Trinajstić information content (AvgIpc) is 2.68. The molecule has 0 saturated heterocycles. The van der Waals surface area contributed by atoms with Crippen molar-refractivity contribution < 1.29 is 14.3 Å². The van der Waals surface area contributed by atoms with E-state index in [1.165, 1.54) is 6.92 Å². The highest BCUT2D eigenvalue weighted by atomic mass is 16.5. The monoisotopic (exact) mass is 374 g/mol. The molecule has 0 aromatic heterocycles. The Morgan fingerprint density at radius 1 is 0.893 bits per heavy atom. The summed E-state index contributed by atoms with van der Waals surface area (Å²) < 4.78 is 5.82. The lowest BCUT2D eigenvalue weighted by atomic mass is 10.1. The van der Waals surface area contributed by atoms with Crippen molar-refractivity contribution in [2.24, 2.45) is 0 Å². The maximum atomic E-state index is 12.5. The molecule has 0 aliphatic carbocycles. The van der Waals surface area contributed by atoms with Gasteiger partial charge in [-0.3, -0.25) is 9.59 Å². The van der Waals surface area contributed by atoms with E-state index in [-0.39, 0.29) is 11.8 Å². The van der Waals surface area contributed by atoms with Gasteiger partial charge in [0, 0.05) is 24.7 Å². The van der Waals surface area contributed by atoms with Gasteiger partial charge in [0.2, 0.25) is 5.91 Å². The minimum absolute atomic E-state index is 0.170. The summed E-state index contributed by atoms with van der Waals surface area (Å²) in [6.07, 6.45) is 0. The number of rotatable bonds is 6. The first-order valence-electron chi connectivity index (χ1n) is 8.99. The van der Waals surface area contributed by atoms with Crippen molar-refractivity contribution in [1.82, 2.24) is 5.32 Å². The number of carbonyl (C=O) groups excluding carboxylic acids is 2. The lowest BCUT2D eigenvalue weighted by Gasteiger charge is -2.11. The Hall–Kier alpha value is -3.60. The maximum Gasteiger partial charge on any atom is 0.251 e. The van der Waals surface area contributed by atoms with E-state index in [0.717, 1.165) is 16.9 Å². The molecule has 28 heavy (non-hydrogen) atoms. The third kappa shape index (κ3) is 5.20. The Bertz CT molecular complexity index is 984. The van der Waals surface area contributed by atoms with Gasteiger partial charge < -0.3 is 15.4 Å². The fourth-order valence-electron chi connectivity index (χ4n) is 2.72. The molecule has 3 aromatic rings. The van der Waals surface area contributed by atoms with Gasteiger partial charge in [-0.15, -0.1) is 0 Å². The number of carbonyl (C=O) groups is 2. The number of hydrogen-bond acceptors (Lipinski definition) is 3. The zero-order chi connectivity index (χ0) is 19.9. The van der Waals surface area contributed by atoms with Gasteiger partial charge in [0.05, 0.1) is 0 Å². The van der Waals surface area contributed by atoms with E-state index in [0.29, 0.717) is 23.5 Å². The number of anilines is 1. The minimum Gasteiger partial charge on any atom is -0.457 e. The van der Waals surface area contributed by atoms with Gasteiger partial charge in [-0.05, 0) is 54.4 Å². The molecular weight excluding hydrogens is 352 g/mol. The lowest BCUT2D eigenvalue weighted by molar-refractivity contribution is -0.114. The molecule has 0 atom stereocenters. The molecule has 0 unspecified atom stereocenters. The first-order chi connectivity index (χ1) is 13.5. The molecule has 142 valence electrons. The number of benzene rings is 3. The van der Waals surface area contributed by atoms with Crippen molar-refractivity contribution in [1.29, 1.82) is 0 Å². The second kappa shape index (κ2) is 8.86. The Balaban J connectivity index is 1.65. The first kappa shape index (κ1) is 19.2. The van der Waals surface area contributed by atoms with E-state index in [4.69, 9.17) is 4.74 Å². The van der Waals surface area contributed by atoms with Crippen molar-refractivity contribution in [2.75, 3.05) is 5.32 Å². The van der Waals surface area contributed by atoms with Crippen LogP contribution in [0.25, 0.3) is 0 Å². The average molecular weight is 374 g/mol. The number of amides is 2. The molecule has 0 bridgehead atoms. The van der Waals surface area contributed by atoms with Crippen LogP contribution in [-0.4, -0.2) is 11.8 Å². The normalized spacial score (nSPS) is 10.2. The number of aryl methyl sites for hydroxylation is 1. The van der Waals surface area contributed by atoms with Crippen molar-refractivity contribution >= 4 is 17.5 Å². The van der Waals surface area contributed by atoms with Gasteiger partial charge in [0.25, 0.3) is 5.91 Å². The lowest BCUT2D eigenvalue weighted by Crippen LogP contribution is -2.23. The zero-order valence-electron chi connectivity index (χ0n) is 15.9. The molecule has 5 nitrogen and oxygen atoms in total. The van der Waals surface area contributed by atoms with Crippen LogP contribution >= 0.6 is 0 Å². The second-order valence-corrected chi connectivity index (χ2v) is 6.46. The van der Waals surface area contributed by atoms with Gasteiger partial charge in [-0.25, -0.2) is 0 Å². The molecular formula is C23H22N2O3. The van der Waals surface area contributed by atoms with Gasteiger partial charge in [0.1, 0.15) is 11.5 Å². The van der Waals surface area contributed by atoms with Crippen LogP contribution in [0.3, 0.4) is 0 Å². The number of hydrogen-bond donors (Lipinski definition) is 2. The summed E-state index contributed by atoms with van der Waals surface area (Å²) in [5.74, 6) is 1.09. The SMILES string of the molecule is CC(=O)Nc1cc(C(=O)NCc2cccc(Oc3ccccc3)c2)ccc1C. The van der Waals surface area contributed by atoms with E-state index in [2.05, 4.69) is 10.6 Å². The zero-order valence-corrected chi connectivity index (χ0v) is 15.9. The molecule has 0 saturated carbocycles. The first-order valence-corrected chi connectivity index (χ1v) is 8.99. The molecule has 0 aliphatic heterocycles. The van der Waals surface area contributed by atoms with Gasteiger partial charge in [0.15, 0.2) is 0 Å². The topological polar surface area (TPSA) is 67.4 Å². The largest absolute Gasteiger partial charge is 0.457 e. The highest BCUT2D eigenvalue weighted by molar-refractivity contribution is 5.97. The van der Waals surface area contributed by atoms with Gasteiger partial charge >= 0.3 is 0 Å². The third-order valence-electron chi connectivity index (χ3n) is 4.14. The predicted octanol–water partition coefficient (Wildman–Crippen LogP) is 4.68. The van der Waals surface area contributed by atoms with Gasteiger partial charge in [-0.1, -0.05) is 36.4 Å². The summed E-state index contributed by atoms with van der Waals surface area (Å²) in [6.45, 7) is 3.69. The van der Waals surface area contributed by atoms with Crippen LogP contribution in [0.15, 0.2) is 72.8 Å². The smallest absolute Gasteiger partial charge is 0.251 e. The molecule has 3 rings (SSSR count). The summed E-state index contributed by atoms with van der Waals surface area (Å²) in [7, 11) is 0. The predicted molar refractivity (Wildman–Crippen MR) is 110 cm³/mol. The molecule has 0 fully saturated rings. The fraction of sp³-hybridized carbons (Fsp3) is 0.130. The molecule has 2 N–H and O–H groups in total. The minimum atomic E-state index is -0.207. The van der Waals surface area contributed by atoms with Crippen LogP contribution < -0.4 is 15.4 Å². The van der Waals surface area contributed by atoms with E-state index in [1.54, 1.807) is 12.1 Å². The van der Waals surface area contributed by atoms with Crippen LogP contribution in [0.4, 0.5) is 5.69 Å². The Morgan fingerprint density at radius 2 is 1.64 bits per heavy atom. The Kier molecular flexibility index (Phi) is 6.07. The molecule has 5 heteroatoms. The van der Waals surface area contributed by atoms with E-state index in [9.17, 15) is 9.59 Å². The molecule has 0 spiro atoms. The van der Waals surface area contributed by atoms with E-state index in [1.807, 2.05) is 67.6 Å². The number of ether oxygens (including phenoxy) is 1. The van der Waals surface area contributed by atoms with Crippen molar-refractivity contribution in [2.45, 2.75) is 20.4 Å².